The van der Waals surface area contributed by atoms with Crippen molar-refractivity contribution in [3.8, 4) is 10.7 Å². The first-order valence-electron chi connectivity index (χ1n) is 4.99. The Morgan fingerprint density at radius 2 is 2.31 bits per heavy atom. The molecule has 5 nitrogen and oxygen atoms in total. The maximum absolute atomic E-state index is 11.1. The Labute approximate surface area is 96.4 Å². The zero-order valence-electron chi connectivity index (χ0n) is 8.80. The highest BCUT2D eigenvalue weighted by Gasteiger charge is 2.11. The molecular weight excluding hydrogens is 224 g/mol. The minimum atomic E-state index is -0.144. The lowest BCUT2D eigenvalue weighted by Gasteiger charge is -2.00. The molecule has 0 fully saturated rings. The van der Waals surface area contributed by atoms with Crippen molar-refractivity contribution in [1.82, 2.24) is 15.2 Å². The third kappa shape index (κ3) is 2.17. The van der Waals surface area contributed by atoms with Crippen LogP contribution in [0, 0.1) is 0 Å². The van der Waals surface area contributed by atoms with Gasteiger partial charge in [0.2, 0.25) is 5.56 Å². The van der Waals surface area contributed by atoms with E-state index in [1.54, 1.807) is 12.1 Å². The molecule has 0 spiro atoms. The monoisotopic (exact) mass is 236 g/mol. The van der Waals surface area contributed by atoms with Crippen LogP contribution in [0.2, 0.25) is 0 Å². The Kier molecular flexibility index (Phi) is 3.12. The smallest absolute Gasteiger partial charge is 0.248 e. The number of nitrogens with zero attached hydrogens (tertiary/aromatic N) is 2. The molecule has 3 N–H and O–H groups in total. The molecule has 2 aromatic heterocycles. The number of hydrogen-bond donors (Lipinski definition) is 2. The molecule has 16 heavy (non-hydrogen) atoms. The number of nitrogens with one attached hydrogen (secondary N) is 1. The van der Waals surface area contributed by atoms with Crippen LogP contribution in [0.15, 0.2) is 23.0 Å². The largest absolute Gasteiger partial charge is 0.322 e. The fraction of sp³-hybridized carbons (Fsp3) is 0.300. The van der Waals surface area contributed by atoms with Crippen molar-refractivity contribution in [3.63, 3.8) is 0 Å². The Hall–Kier alpha value is -1.53. The molecule has 0 bridgehead atoms. The molecule has 0 amide bonds. The summed E-state index contributed by atoms with van der Waals surface area (Å²) < 4.78 is 0. The van der Waals surface area contributed by atoms with Crippen molar-refractivity contribution in [2.45, 2.75) is 19.4 Å². The zero-order chi connectivity index (χ0) is 11.5. The Morgan fingerprint density at radius 1 is 1.50 bits per heavy atom. The molecule has 6 heteroatoms. The summed E-state index contributed by atoms with van der Waals surface area (Å²) in [6.45, 7) is 2.00. The van der Waals surface area contributed by atoms with Crippen LogP contribution in [0.5, 0.6) is 0 Å². The van der Waals surface area contributed by atoms with Gasteiger partial charge in [-0.15, -0.1) is 10.2 Å². The van der Waals surface area contributed by atoms with Gasteiger partial charge in [0.15, 0.2) is 5.01 Å². The molecule has 2 heterocycles. The van der Waals surface area contributed by atoms with Crippen molar-refractivity contribution >= 4 is 11.3 Å². The molecule has 0 aliphatic rings. The predicted octanol–water partition coefficient (Wildman–Crippen LogP) is 1.30. The minimum absolute atomic E-state index is 0.0818. The minimum Gasteiger partial charge on any atom is -0.322 e. The normalized spacial score (nSPS) is 12.6. The summed E-state index contributed by atoms with van der Waals surface area (Å²) in [5, 5.41) is 9.51. The molecule has 2 rings (SSSR count). The quantitative estimate of drug-likeness (QED) is 0.841. The van der Waals surface area contributed by atoms with E-state index < -0.39 is 0 Å². The highest BCUT2D eigenvalue weighted by molar-refractivity contribution is 7.14. The van der Waals surface area contributed by atoms with E-state index in [1.807, 2.05) is 6.92 Å². The van der Waals surface area contributed by atoms with Gasteiger partial charge in [0.1, 0.15) is 5.01 Å². The SMILES string of the molecule is CCC(N)c1nnc(-c2cccc(=O)[nH]2)s1. The molecule has 84 valence electrons. The van der Waals surface area contributed by atoms with Crippen LogP contribution in [0.3, 0.4) is 0 Å². The van der Waals surface area contributed by atoms with E-state index in [1.165, 1.54) is 17.4 Å². The molecule has 0 saturated heterocycles. The zero-order valence-corrected chi connectivity index (χ0v) is 9.62. The van der Waals surface area contributed by atoms with Crippen molar-refractivity contribution in [3.05, 3.63) is 33.6 Å². The summed E-state index contributed by atoms with van der Waals surface area (Å²) in [7, 11) is 0. The number of hydrogen-bond acceptors (Lipinski definition) is 5. The molecule has 1 atom stereocenters. The molecular formula is C10H12N4OS. The lowest BCUT2D eigenvalue weighted by Crippen LogP contribution is -2.07. The maximum atomic E-state index is 11.1. The molecule has 0 radical (unpaired) electrons. The van der Waals surface area contributed by atoms with E-state index in [0.717, 1.165) is 11.4 Å². The summed E-state index contributed by atoms with van der Waals surface area (Å²) in [5.41, 5.74) is 6.39. The van der Waals surface area contributed by atoms with Crippen molar-refractivity contribution in [1.29, 1.82) is 0 Å². The Bertz CT molecular complexity index is 533. The number of nitrogens with two attached hydrogens (primary N) is 1. The van der Waals surface area contributed by atoms with Gasteiger partial charge in [-0.1, -0.05) is 24.3 Å². The van der Waals surface area contributed by atoms with Crippen molar-refractivity contribution < 1.29 is 0 Å². The van der Waals surface area contributed by atoms with E-state index in [-0.39, 0.29) is 11.6 Å². The molecule has 2 aromatic rings. The van der Waals surface area contributed by atoms with Crippen LogP contribution >= 0.6 is 11.3 Å². The number of pyridine rings is 1. The summed E-state index contributed by atoms with van der Waals surface area (Å²) in [4.78, 5) is 13.8. The van der Waals surface area contributed by atoms with Gasteiger partial charge in [-0.05, 0) is 12.5 Å². The van der Waals surface area contributed by atoms with Crippen molar-refractivity contribution in [2.24, 2.45) is 5.73 Å². The van der Waals surface area contributed by atoms with Gasteiger partial charge in [-0.2, -0.15) is 0 Å². The summed E-state index contributed by atoms with van der Waals surface area (Å²) in [5.74, 6) is 0. The lowest BCUT2D eigenvalue weighted by molar-refractivity contribution is 0.683. The van der Waals surface area contributed by atoms with Crippen molar-refractivity contribution in [2.75, 3.05) is 0 Å². The van der Waals surface area contributed by atoms with Gasteiger partial charge < -0.3 is 10.7 Å². The van der Waals surface area contributed by atoms with Crippen LogP contribution in [-0.4, -0.2) is 15.2 Å². The molecule has 0 aliphatic carbocycles. The summed E-state index contributed by atoms with van der Waals surface area (Å²) in [6, 6.07) is 4.86. The summed E-state index contributed by atoms with van der Waals surface area (Å²) >= 11 is 1.41. The second-order valence-electron chi connectivity index (χ2n) is 3.39. The molecule has 0 aliphatic heterocycles. The lowest BCUT2D eigenvalue weighted by atomic mass is 10.3. The van der Waals surface area contributed by atoms with Gasteiger partial charge in [0.25, 0.3) is 0 Å². The highest BCUT2D eigenvalue weighted by Crippen LogP contribution is 2.24. The molecule has 1 unspecified atom stereocenters. The fourth-order valence-corrected chi connectivity index (χ4v) is 2.15. The van der Waals surface area contributed by atoms with E-state index >= 15 is 0 Å². The van der Waals surface area contributed by atoms with Gasteiger partial charge in [-0.25, -0.2) is 0 Å². The summed E-state index contributed by atoms with van der Waals surface area (Å²) in [6.07, 6.45) is 0.819. The van der Waals surface area contributed by atoms with E-state index in [9.17, 15) is 4.79 Å². The van der Waals surface area contributed by atoms with Crippen LogP contribution in [0.25, 0.3) is 10.7 Å². The topological polar surface area (TPSA) is 84.7 Å². The van der Waals surface area contributed by atoms with Crippen LogP contribution in [0.1, 0.15) is 24.4 Å². The van der Waals surface area contributed by atoms with E-state index in [0.29, 0.717) is 10.7 Å². The third-order valence-electron chi connectivity index (χ3n) is 2.20. The Morgan fingerprint density at radius 3 is 3.00 bits per heavy atom. The number of rotatable bonds is 3. The van der Waals surface area contributed by atoms with Gasteiger partial charge in [0, 0.05) is 6.07 Å². The Balaban J connectivity index is 2.35. The standard InChI is InChI=1S/C10H12N4OS/c1-2-6(11)9-13-14-10(16-9)7-4-3-5-8(15)12-7/h3-6H,2,11H2,1H3,(H,12,15). The van der Waals surface area contributed by atoms with Crippen LogP contribution in [0.4, 0.5) is 0 Å². The van der Waals surface area contributed by atoms with Crippen LogP contribution < -0.4 is 11.3 Å². The average Bonchev–Trinajstić information content (AvgIpc) is 2.77. The maximum Gasteiger partial charge on any atom is 0.248 e. The number of aromatic amines is 1. The molecule has 0 aromatic carbocycles. The first-order chi connectivity index (χ1) is 7.70. The first-order valence-corrected chi connectivity index (χ1v) is 5.81. The second kappa shape index (κ2) is 4.54. The highest BCUT2D eigenvalue weighted by atomic mass is 32.1. The van der Waals surface area contributed by atoms with Gasteiger partial charge >= 0.3 is 0 Å². The predicted molar refractivity (Wildman–Crippen MR) is 63.2 cm³/mol. The van der Waals surface area contributed by atoms with Gasteiger partial charge in [-0.3, -0.25) is 4.79 Å². The van der Waals surface area contributed by atoms with E-state index in [2.05, 4.69) is 15.2 Å². The van der Waals surface area contributed by atoms with E-state index in [4.69, 9.17) is 5.73 Å². The number of H-pyrrole nitrogens is 1. The first kappa shape index (κ1) is 11.0. The average molecular weight is 236 g/mol. The molecule has 0 saturated carbocycles. The van der Waals surface area contributed by atoms with Gasteiger partial charge in [0.05, 0.1) is 11.7 Å². The number of aromatic nitrogens is 3. The van der Waals surface area contributed by atoms with Crippen LogP contribution in [-0.2, 0) is 0 Å². The third-order valence-corrected chi connectivity index (χ3v) is 3.28. The fourth-order valence-electron chi connectivity index (χ4n) is 1.24. The second-order valence-corrected chi connectivity index (χ2v) is 4.40.